The van der Waals surface area contributed by atoms with Crippen LogP contribution in [-0.4, -0.2) is 27.1 Å². The van der Waals surface area contributed by atoms with Crippen LogP contribution in [0.15, 0.2) is 72.8 Å². The molecule has 0 aromatic heterocycles. The van der Waals surface area contributed by atoms with Crippen LogP contribution in [-0.2, 0) is 0 Å². The first-order chi connectivity index (χ1) is 24.8. The summed E-state index contributed by atoms with van der Waals surface area (Å²) in [6.07, 6.45) is -6.17. The van der Waals surface area contributed by atoms with Crippen molar-refractivity contribution in [1.82, 2.24) is 0 Å². The lowest BCUT2D eigenvalue weighted by Crippen LogP contribution is -2.05. The van der Waals surface area contributed by atoms with Crippen LogP contribution in [0.3, 0.4) is 0 Å². The number of non-ortho nitro benzene ring substituents is 2. The summed E-state index contributed by atoms with van der Waals surface area (Å²) in [5.41, 5.74) is 5.57. The molecular weight excluding hydrogens is 490 g/mol. The molecule has 3 N–H and O–H groups in total. The van der Waals surface area contributed by atoms with Gasteiger partial charge < -0.3 is 20.3 Å². The van der Waals surface area contributed by atoms with E-state index in [1.165, 1.54) is 62.4 Å². The Morgan fingerprint density at radius 1 is 0.737 bits per heavy atom. The van der Waals surface area contributed by atoms with Crippen LogP contribution in [0.5, 0.6) is 17.2 Å². The first kappa shape index (κ1) is 14.0. The number of rotatable bonds is 6. The molecular formula is C28H39N3O7. The van der Waals surface area contributed by atoms with Crippen molar-refractivity contribution in [2.45, 2.75) is 60.3 Å². The molecule has 0 amide bonds. The molecule has 0 bridgehead atoms. The van der Waals surface area contributed by atoms with E-state index in [1.807, 2.05) is 0 Å². The Bertz CT molecular complexity index is 1660. The summed E-state index contributed by atoms with van der Waals surface area (Å²) in [7, 11) is 0. The average molecular weight is 548 g/mol. The Hall–Kier alpha value is -4.34. The van der Waals surface area contributed by atoms with E-state index in [9.17, 15) is 20.2 Å². The van der Waals surface area contributed by atoms with Crippen molar-refractivity contribution in [1.29, 1.82) is 0 Å². The molecule has 0 radical (unpaired) electrons. The number of anilines is 1. The molecule has 0 aliphatic carbocycles. The number of phenolic OH excluding ortho intramolecular Hbond substituents is 1. The highest BCUT2D eigenvalue weighted by molar-refractivity contribution is 5.41. The third kappa shape index (κ3) is 17.1. The summed E-state index contributed by atoms with van der Waals surface area (Å²) in [4.78, 5) is 19.3. The Balaban J connectivity index is 0.000000766. The van der Waals surface area contributed by atoms with Gasteiger partial charge >= 0.3 is 0 Å². The fraction of sp³-hybridized carbons (Fsp3) is 0.357. The maximum atomic E-state index is 10.5. The summed E-state index contributed by atoms with van der Waals surface area (Å²) in [5, 5.41) is 29.2. The number of aromatic hydroxyl groups is 1. The molecule has 3 rings (SSSR count). The van der Waals surface area contributed by atoms with Crippen molar-refractivity contribution < 1.29 is 49.1 Å². The van der Waals surface area contributed by atoms with Crippen LogP contribution in [0.2, 0.25) is 0 Å². The molecule has 0 aliphatic heterocycles. The Kier molecular flexibility index (Phi) is 6.62. The molecule has 0 saturated carbocycles. The molecule has 0 aliphatic rings. The first-order valence-corrected chi connectivity index (χ1v) is 10.2. The molecule has 38 heavy (non-hydrogen) atoms. The van der Waals surface area contributed by atoms with Crippen LogP contribution in [0.25, 0.3) is 0 Å². The van der Waals surface area contributed by atoms with Crippen LogP contribution >= 0.6 is 0 Å². The number of nitro benzene ring substituents is 2. The van der Waals surface area contributed by atoms with E-state index in [-0.39, 0.29) is 28.6 Å². The van der Waals surface area contributed by atoms with Gasteiger partial charge in [-0.15, -0.1) is 0 Å². The summed E-state index contributed by atoms with van der Waals surface area (Å²) in [6, 6.07) is 14.7. The lowest BCUT2D eigenvalue weighted by molar-refractivity contribution is -0.385. The minimum Gasteiger partial charge on any atom is -0.508 e. The Labute approximate surface area is 249 Å². The van der Waals surface area contributed by atoms with E-state index in [0.29, 0.717) is 5.69 Å². The monoisotopic (exact) mass is 547 g/mol. The van der Waals surface area contributed by atoms with Gasteiger partial charge in [-0.1, -0.05) is 20.7 Å². The van der Waals surface area contributed by atoms with Crippen molar-refractivity contribution in [3.8, 4) is 17.2 Å². The van der Waals surface area contributed by atoms with Gasteiger partial charge in [0.25, 0.3) is 11.4 Å². The number of nitro groups is 2. The van der Waals surface area contributed by atoms with E-state index < -0.39 is 62.2 Å². The predicted octanol–water partition coefficient (Wildman–Crippen LogP) is 7.40. The smallest absolute Gasteiger partial charge is 0.269 e. The van der Waals surface area contributed by atoms with Crippen LogP contribution in [0, 0.1) is 26.1 Å². The summed E-state index contributed by atoms with van der Waals surface area (Å²) >= 11 is 0. The minimum absolute atomic E-state index is 0.0159. The van der Waals surface area contributed by atoms with Gasteiger partial charge in [-0.3, -0.25) is 20.2 Å². The molecule has 208 valence electrons. The average Bonchev–Trinajstić information content (AvgIpc) is 3.00. The standard InChI is InChI=1S/C9H11NO3.C9H13NO.C6H5NO3.C4H10/c1-7(2)13-9-5-3-8(4-6-9)10(11)12;1-7(2)11-9-5-3-8(10)4-6-9;8-6-3-1-5(2-4-6)7(9)10;1-4(2)3/h3-7H,1-2H3;3-7H,10H2,1-2H3;1-4,8H;4H,1-3H3/i2*1D3,2D3,7D;;1D3,4D. The lowest BCUT2D eigenvalue weighted by Gasteiger charge is -2.08. The third-order valence-corrected chi connectivity index (χ3v) is 3.43. The lowest BCUT2D eigenvalue weighted by atomic mass is 10.3. The molecule has 10 nitrogen and oxygen atoms in total. The van der Waals surface area contributed by atoms with Crippen molar-refractivity contribution >= 4 is 17.1 Å². The molecule has 10 heteroatoms. The van der Waals surface area contributed by atoms with E-state index in [4.69, 9.17) is 45.0 Å². The molecule has 0 atom stereocenters. The number of hydrogen-bond donors (Lipinski definition) is 2. The Morgan fingerprint density at radius 2 is 1.08 bits per heavy atom. The second-order valence-electron chi connectivity index (χ2n) is 6.96. The maximum Gasteiger partial charge on any atom is 0.269 e. The zero-order chi connectivity index (χ0) is 44.5. The third-order valence-electron chi connectivity index (χ3n) is 3.43. The summed E-state index contributed by atoms with van der Waals surface area (Å²) < 4.78 is 138. The van der Waals surface area contributed by atoms with Gasteiger partial charge in [0.2, 0.25) is 0 Å². The molecule has 0 spiro atoms. The second kappa shape index (κ2) is 18.0. The molecule has 3 aromatic carbocycles. The maximum absolute atomic E-state index is 10.5. The van der Waals surface area contributed by atoms with Crippen molar-refractivity contribution in [2.24, 2.45) is 5.89 Å². The van der Waals surface area contributed by atoms with Gasteiger partial charge in [-0.25, -0.2) is 0 Å². The minimum atomic E-state index is -3.22. The molecule has 3 aromatic rings. The van der Waals surface area contributed by atoms with E-state index in [1.54, 1.807) is 0 Å². The number of nitrogen functional groups attached to an aromatic ring is 1. The SMILES string of the molecule is O=[N+]([O-])c1ccc(O)cc1.[2H]C([2H])([2H])C([2H])(C)C.[2H]C([2H])([2H])C([2H])(Oc1ccc(N)cc1)C([2H])([2H])[2H].[2H]C([2H])([2H])C([2H])(Oc1ccc([N+](=O)[O-])cc1)C([2H])([2H])[2H]. The summed E-state index contributed by atoms with van der Waals surface area (Å²) in [6.45, 7) is -12.1. The normalized spacial score (nSPS) is 19.2. The number of hydrogen-bond acceptors (Lipinski definition) is 8. The number of nitrogens with zero attached hydrogens (tertiary/aromatic N) is 2. The van der Waals surface area contributed by atoms with Crippen molar-refractivity contribution in [3.63, 3.8) is 0 Å². The summed E-state index contributed by atoms with van der Waals surface area (Å²) in [5.74, 6) is -1.57. The van der Waals surface area contributed by atoms with Gasteiger partial charge in [-0.2, -0.15) is 0 Å². The predicted molar refractivity (Wildman–Crippen MR) is 151 cm³/mol. The largest absolute Gasteiger partial charge is 0.508 e. The van der Waals surface area contributed by atoms with Crippen LogP contribution in [0.4, 0.5) is 17.1 Å². The van der Waals surface area contributed by atoms with Gasteiger partial charge in [-0.05, 0) is 81.8 Å². The van der Waals surface area contributed by atoms with Gasteiger partial charge in [0.05, 0.1) is 24.7 Å². The highest BCUT2D eigenvalue weighted by Gasteiger charge is 2.05. The molecule has 0 saturated heterocycles. The van der Waals surface area contributed by atoms with Crippen LogP contribution in [0.1, 0.15) is 72.8 Å². The van der Waals surface area contributed by atoms with Crippen molar-refractivity contribution in [2.75, 3.05) is 5.73 Å². The quantitative estimate of drug-likeness (QED) is 0.184. The second-order valence-corrected chi connectivity index (χ2v) is 6.96. The molecule has 0 unspecified atom stereocenters. The highest BCUT2D eigenvalue weighted by atomic mass is 16.6. The van der Waals surface area contributed by atoms with E-state index in [2.05, 4.69) is 0 Å². The number of benzene rings is 3. The van der Waals surface area contributed by atoms with Crippen LogP contribution < -0.4 is 15.2 Å². The highest BCUT2D eigenvalue weighted by Crippen LogP contribution is 2.18. The van der Waals surface area contributed by atoms with Gasteiger partial charge in [0.15, 0.2) is 0 Å². The number of nitrogens with two attached hydrogens (primary N) is 1. The fourth-order valence-corrected chi connectivity index (χ4v) is 1.98. The topological polar surface area (TPSA) is 151 Å². The Morgan fingerprint density at radius 3 is 1.39 bits per heavy atom. The number of ether oxygens (including phenoxy) is 2. The molecule has 0 fully saturated rings. The fourth-order valence-electron chi connectivity index (χ4n) is 1.98. The van der Waals surface area contributed by atoms with Gasteiger partial charge in [0, 0.05) is 51.9 Å². The molecule has 0 heterocycles. The first-order valence-electron chi connectivity index (χ1n) is 19.2. The van der Waals surface area contributed by atoms with E-state index in [0.717, 1.165) is 24.3 Å². The zero-order valence-electron chi connectivity index (χ0n) is 38.3. The van der Waals surface area contributed by atoms with Gasteiger partial charge in [0.1, 0.15) is 17.2 Å². The zero-order valence-corrected chi connectivity index (χ0v) is 20.3. The van der Waals surface area contributed by atoms with E-state index >= 15 is 0 Å². The van der Waals surface area contributed by atoms with Crippen molar-refractivity contribution in [3.05, 3.63) is 93.0 Å². The number of phenols is 1.